The highest BCUT2D eigenvalue weighted by Gasteiger charge is 2.24. The van der Waals surface area contributed by atoms with E-state index in [0.29, 0.717) is 13.0 Å². The second-order valence-corrected chi connectivity index (χ2v) is 6.87. The number of ether oxygens (including phenoxy) is 1. The quantitative estimate of drug-likeness (QED) is 0.869. The fourth-order valence-corrected chi connectivity index (χ4v) is 3.41. The van der Waals surface area contributed by atoms with Crippen LogP contribution in [0.3, 0.4) is 0 Å². The number of hydrogen-bond donors (Lipinski definition) is 1. The van der Waals surface area contributed by atoms with Gasteiger partial charge in [-0.05, 0) is 18.4 Å². The minimum Gasteiger partial charge on any atom is -0.373 e. The Morgan fingerprint density at radius 2 is 2.04 bits per heavy atom. The van der Waals surface area contributed by atoms with Crippen molar-refractivity contribution in [3.63, 3.8) is 0 Å². The highest BCUT2D eigenvalue weighted by Crippen LogP contribution is 2.19. The van der Waals surface area contributed by atoms with Crippen LogP contribution in [0.2, 0.25) is 0 Å². The lowest BCUT2D eigenvalue weighted by Gasteiger charge is -2.31. The fourth-order valence-electron chi connectivity index (χ4n) is 2.73. The summed E-state index contributed by atoms with van der Waals surface area (Å²) >= 11 is 1.43. The smallest absolute Gasteiger partial charge is 0.229 e. The van der Waals surface area contributed by atoms with Gasteiger partial charge in [-0.15, -0.1) is 10.2 Å². The molecule has 0 unspecified atom stereocenters. The molecular formula is C17H22N4O2S. The first-order valence-corrected chi connectivity index (χ1v) is 8.99. The zero-order valence-corrected chi connectivity index (χ0v) is 14.6. The van der Waals surface area contributed by atoms with Gasteiger partial charge in [0.25, 0.3) is 0 Å². The Bertz CT molecular complexity index is 654. The molecule has 128 valence electrons. The molecule has 1 N–H and O–H groups in total. The van der Waals surface area contributed by atoms with Gasteiger partial charge in [0.2, 0.25) is 11.0 Å². The monoisotopic (exact) mass is 346 g/mol. The van der Waals surface area contributed by atoms with Crippen LogP contribution < -0.4 is 5.32 Å². The maximum absolute atomic E-state index is 12.4. The maximum atomic E-state index is 12.4. The molecule has 1 aromatic carbocycles. The van der Waals surface area contributed by atoms with Crippen molar-refractivity contribution in [2.75, 3.05) is 25.5 Å². The molecule has 1 fully saturated rings. The summed E-state index contributed by atoms with van der Waals surface area (Å²) in [6.45, 7) is 2.13. The van der Waals surface area contributed by atoms with E-state index in [9.17, 15) is 4.79 Å². The molecule has 1 saturated heterocycles. The Kier molecular flexibility index (Phi) is 5.77. The summed E-state index contributed by atoms with van der Waals surface area (Å²) in [6, 6.07) is 10.2. The molecule has 2 heterocycles. The summed E-state index contributed by atoms with van der Waals surface area (Å²) in [5.74, 6) is 0.121. The van der Waals surface area contributed by atoms with Gasteiger partial charge >= 0.3 is 0 Å². The van der Waals surface area contributed by atoms with Crippen molar-refractivity contribution in [1.29, 1.82) is 0 Å². The lowest BCUT2D eigenvalue weighted by molar-refractivity contribution is -0.133. The minimum absolute atomic E-state index is 0.121. The standard InChI is InChI=1S/C17H22N4O2S/c1-18-17-20-19-15(24-17)11-16(22)21-9-7-14(8-10-21)23-12-13-5-3-2-4-6-13/h2-6,14H,7-12H2,1H3,(H,18,20). The lowest BCUT2D eigenvalue weighted by Crippen LogP contribution is -2.41. The van der Waals surface area contributed by atoms with Crippen LogP contribution in [-0.4, -0.2) is 47.2 Å². The highest BCUT2D eigenvalue weighted by molar-refractivity contribution is 7.15. The van der Waals surface area contributed by atoms with E-state index in [1.54, 1.807) is 7.05 Å². The Labute approximate surface area is 145 Å². The summed E-state index contributed by atoms with van der Waals surface area (Å²) in [4.78, 5) is 14.3. The van der Waals surface area contributed by atoms with Crippen LogP contribution in [0.1, 0.15) is 23.4 Å². The molecule has 7 heteroatoms. The summed E-state index contributed by atoms with van der Waals surface area (Å²) < 4.78 is 5.97. The number of amides is 1. The number of carbonyl (C=O) groups is 1. The third kappa shape index (κ3) is 4.52. The molecule has 24 heavy (non-hydrogen) atoms. The van der Waals surface area contributed by atoms with Crippen LogP contribution >= 0.6 is 11.3 Å². The molecule has 0 radical (unpaired) electrons. The second-order valence-electron chi connectivity index (χ2n) is 5.80. The summed E-state index contributed by atoms with van der Waals surface area (Å²) in [7, 11) is 1.80. The SMILES string of the molecule is CNc1nnc(CC(=O)N2CCC(OCc3ccccc3)CC2)s1. The Hall–Kier alpha value is -1.99. The topological polar surface area (TPSA) is 67.4 Å². The van der Waals surface area contributed by atoms with Crippen LogP contribution in [0.5, 0.6) is 0 Å². The summed E-state index contributed by atoms with van der Waals surface area (Å²) in [5, 5.41) is 12.4. The van der Waals surface area contributed by atoms with Gasteiger partial charge < -0.3 is 15.0 Å². The third-order valence-electron chi connectivity index (χ3n) is 4.11. The molecule has 1 aromatic heterocycles. The molecule has 0 spiro atoms. The van der Waals surface area contributed by atoms with E-state index < -0.39 is 0 Å². The molecule has 3 rings (SSSR count). The van der Waals surface area contributed by atoms with Crippen molar-refractivity contribution in [1.82, 2.24) is 15.1 Å². The van der Waals surface area contributed by atoms with Crippen molar-refractivity contribution in [3.8, 4) is 0 Å². The van der Waals surface area contributed by atoms with Gasteiger partial charge in [-0.2, -0.15) is 0 Å². The average Bonchev–Trinajstić information content (AvgIpc) is 3.09. The summed E-state index contributed by atoms with van der Waals surface area (Å²) in [6.07, 6.45) is 2.33. The van der Waals surface area contributed by atoms with Gasteiger partial charge in [-0.1, -0.05) is 41.7 Å². The first-order chi connectivity index (χ1) is 11.7. The predicted molar refractivity (Wildman–Crippen MR) is 94.0 cm³/mol. The number of carbonyl (C=O) groups excluding carboxylic acids is 1. The van der Waals surface area contributed by atoms with Crippen LogP contribution in [0.25, 0.3) is 0 Å². The van der Waals surface area contributed by atoms with Crippen molar-refractivity contribution < 1.29 is 9.53 Å². The van der Waals surface area contributed by atoms with E-state index in [1.807, 2.05) is 23.1 Å². The molecule has 6 nitrogen and oxygen atoms in total. The molecule has 2 aromatic rings. The third-order valence-corrected chi connectivity index (χ3v) is 5.05. The highest BCUT2D eigenvalue weighted by atomic mass is 32.1. The van der Waals surface area contributed by atoms with E-state index in [0.717, 1.165) is 36.1 Å². The molecule has 1 amide bonds. The second kappa shape index (κ2) is 8.21. The zero-order valence-electron chi connectivity index (χ0n) is 13.8. The molecule has 0 aliphatic carbocycles. The van der Waals surface area contributed by atoms with Crippen molar-refractivity contribution >= 4 is 22.4 Å². The zero-order chi connectivity index (χ0) is 16.8. The van der Waals surface area contributed by atoms with Crippen LogP contribution in [-0.2, 0) is 22.6 Å². The number of likely N-dealkylation sites (tertiary alicyclic amines) is 1. The van der Waals surface area contributed by atoms with Crippen LogP contribution in [0, 0.1) is 0 Å². The van der Waals surface area contributed by atoms with E-state index in [-0.39, 0.29) is 12.0 Å². The van der Waals surface area contributed by atoms with Crippen LogP contribution in [0.15, 0.2) is 30.3 Å². The molecule has 0 bridgehead atoms. The average molecular weight is 346 g/mol. The Balaban J connectivity index is 1.42. The number of nitrogens with zero attached hydrogens (tertiary/aromatic N) is 3. The van der Waals surface area contributed by atoms with Gasteiger partial charge in [0.15, 0.2) is 0 Å². The number of hydrogen-bond acceptors (Lipinski definition) is 6. The molecule has 1 aliphatic rings. The lowest BCUT2D eigenvalue weighted by atomic mass is 10.1. The maximum Gasteiger partial charge on any atom is 0.229 e. The molecule has 0 saturated carbocycles. The van der Waals surface area contributed by atoms with E-state index in [2.05, 4.69) is 27.6 Å². The Morgan fingerprint density at radius 3 is 2.71 bits per heavy atom. The van der Waals surface area contributed by atoms with E-state index >= 15 is 0 Å². The normalized spacial score (nSPS) is 15.5. The van der Waals surface area contributed by atoms with E-state index in [4.69, 9.17) is 4.74 Å². The number of piperidine rings is 1. The van der Waals surface area contributed by atoms with E-state index in [1.165, 1.54) is 16.9 Å². The summed E-state index contributed by atoms with van der Waals surface area (Å²) in [5.41, 5.74) is 1.19. The number of benzene rings is 1. The number of anilines is 1. The van der Waals surface area contributed by atoms with Crippen LogP contribution in [0.4, 0.5) is 5.13 Å². The number of aromatic nitrogens is 2. The fraction of sp³-hybridized carbons (Fsp3) is 0.471. The molecular weight excluding hydrogens is 324 g/mol. The first-order valence-electron chi connectivity index (χ1n) is 8.18. The first kappa shape index (κ1) is 16.9. The largest absolute Gasteiger partial charge is 0.373 e. The van der Waals surface area contributed by atoms with Gasteiger partial charge in [-0.3, -0.25) is 4.79 Å². The van der Waals surface area contributed by atoms with Crippen molar-refractivity contribution in [2.45, 2.75) is 32.0 Å². The number of nitrogens with one attached hydrogen (secondary N) is 1. The minimum atomic E-state index is 0.121. The number of rotatable bonds is 6. The van der Waals surface area contributed by atoms with Crippen molar-refractivity contribution in [3.05, 3.63) is 40.9 Å². The van der Waals surface area contributed by atoms with Gasteiger partial charge in [0.05, 0.1) is 19.1 Å². The van der Waals surface area contributed by atoms with Gasteiger partial charge in [-0.25, -0.2) is 0 Å². The van der Waals surface area contributed by atoms with Gasteiger partial charge in [0.1, 0.15) is 5.01 Å². The molecule has 1 aliphatic heterocycles. The van der Waals surface area contributed by atoms with Gasteiger partial charge in [0, 0.05) is 20.1 Å². The predicted octanol–water partition coefficient (Wildman–Crippen LogP) is 2.33. The molecule has 0 atom stereocenters. The van der Waals surface area contributed by atoms with Crippen molar-refractivity contribution in [2.24, 2.45) is 0 Å². The Morgan fingerprint density at radius 1 is 1.29 bits per heavy atom.